The maximum absolute atomic E-state index is 10.9. The van der Waals surface area contributed by atoms with Crippen molar-refractivity contribution in [1.82, 2.24) is 0 Å². The van der Waals surface area contributed by atoms with Gasteiger partial charge in [-0.3, -0.25) is 4.79 Å². The van der Waals surface area contributed by atoms with E-state index in [0.29, 0.717) is 25.2 Å². The van der Waals surface area contributed by atoms with E-state index in [-0.39, 0.29) is 12.5 Å². The van der Waals surface area contributed by atoms with Gasteiger partial charge in [0, 0.05) is 12.8 Å². The number of benzene rings is 3. The van der Waals surface area contributed by atoms with Gasteiger partial charge in [-0.15, -0.1) is 0 Å². The first-order valence-electron chi connectivity index (χ1n) is 12.4. The number of hydrogen-bond donors (Lipinski definition) is 1. The molecule has 3 aromatic carbocycles. The van der Waals surface area contributed by atoms with Gasteiger partial charge in [-0.25, -0.2) is 0 Å². The van der Waals surface area contributed by atoms with E-state index < -0.39 is 5.97 Å². The van der Waals surface area contributed by atoms with Gasteiger partial charge in [0.25, 0.3) is 0 Å². The molecule has 3 rings (SSSR count). The van der Waals surface area contributed by atoms with Crippen LogP contribution in [0.2, 0.25) is 0 Å². The quantitative estimate of drug-likeness (QED) is 0.283. The summed E-state index contributed by atoms with van der Waals surface area (Å²) in [6, 6.07) is 20.0. The molecular weight excluding hydrogens is 440 g/mol. The number of ether oxygens (including phenoxy) is 3. The molecule has 0 amide bonds. The van der Waals surface area contributed by atoms with Crippen LogP contribution in [0, 0.1) is 6.92 Å². The van der Waals surface area contributed by atoms with Gasteiger partial charge in [0.05, 0.1) is 12.7 Å². The normalized spacial score (nSPS) is 11.7. The lowest BCUT2D eigenvalue weighted by Gasteiger charge is -2.19. The van der Waals surface area contributed by atoms with Crippen LogP contribution in [0.5, 0.6) is 23.0 Å². The Morgan fingerprint density at radius 2 is 1.71 bits per heavy atom. The Labute approximate surface area is 208 Å². The summed E-state index contributed by atoms with van der Waals surface area (Å²) in [6.45, 7) is 8.76. The van der Waals surface area contributed by atoms with Crippen LogP contribution in [0.25, 0.3) is 0 Å². The number of carboxylic acids is 1. The molecule has 0 aliphatic carbocycles. The highest BCUT2D eigenvalue weighted by Crippen LogP contribution is 2.35. The average Bonchev–Trinajstić information content (AvgIpc) is 2.85. The summed E-state index contributed by atoms with van der Waals surface area (Å²) >= 11 is 0. The number of carboxylic acid groups (broad SMARTS) is 1. The molecule has 186 valence electrons. The van der Waals surface area contributed by atoms with Crippen molar-refractivity contribution in [2.24, 2.45) is 0 Å². The van der Waals surface area contributed by atoms with E-state index in [1.807, 2.05) is 68.4 Å². The first kappa shape index (κ1) is 26.1. The fourth-order valence-electron chi connectivity index (χ4n) is 3.86. The van der Waals surface area contributed by atoms with Crippen LogP contribution >= 0.6 is 0 Å². The largest absolute Gasteiger partial charge is 0.493 e. The molecule has 0 fully saturated rings. The van der Waals surface area contributed by atoms with Crippen LogP contribution < -0.4 is 14.2 Å². The summed E-state index contributed by atoms with van der Waals surface area (Å²) in [6.07, 6.45) is 3.07. The highest BCUT2D eigenvalue weighted by Gasteiger charge is 2.13. The van der Waals surface area contributed by atoms with Crippen LogP contribution in [-0.4, -0.2) is 23.8 Å². The SMILES string of the molecule is CCc1ccc(OC(C)CCOc2ccc(CCC(=O)O)c(CC)c2)c(Oc2ccccc2C)c1. The minimum absolute atomic E-state index is 0.0674. The van der Waals surface area contributed by atoms with Gasteiger partial charge in [-0.05, 0) is 85.7 Å². The van der Waals surface area contributed by atoms with Crippen molar-refractivity contribution < 1.29 is 24.1 Å². The van der Waals surface area contributed by atoms with Gasteiger partial charge in [0.2, 0.25) is 0 Å². The second-order valence-corrected chi connectivity index (χ2v) is 8.75. The monoisotopic (exact) mass is 476 g/mol. The van der Waals surface area contributed by atoms with E-state index >= 15 is 0 Å². The molecule has 5 heteroatoms. The molecule has 1 unspecified atom stereocenters. The van der Waals surface area contributed by atoms with Gasteiger partial charge in [-0.1, -0.05) is 44.2 Å². The Balaban J connectivity index is 1.60. The summed E-state index contributed by atoms with van der Waals surface area (Å²) < 4.78 is 18.5. The molecule has 35 heavy (non-hydrogen) atoms. The van der Waals surface area contributed by atoms with E-state index in [1.54, 1.807) is 0 Å². The van der Waals surface area contributed by atoms with E-state index in [1.165, 1.54) is 5.56 Å². The Morgan fingerprint density at radius 1 is 0.914 bits per heavy atom. The Bertz CT molecular complexity index is 1120. The number of aryl methyl sites for hydroxylation is 4. The smallest absolute Gasteiger partial charge is 0.303 e. The number of hydrogen-bond acceptors (Lipinski definition) is 4. The van der Waals surface area contributed by atoms with Crippen molar-refractivity contribution >= 4 is 5.97 Å². The molecule has 0 aliphatic heterocycles. The van der Waals surface area contributed by atoms with E-state index in [9.17, 15) is 4.79 Å². The minimum Gasteiger partial charge on any atom is -0.493 e. The molecule has 0 radical (unpaired) electrons. The van der Waals surface area contributed by atoms with E-state index in [4.69, 9.17) is 19.3 Å². The van der Waals surface area contributed by atoms with Gasteiger partial charge in [-0.2, -0.15) is 0 Å². The lowest BCUT2D eigenvalue weighted by molar-refractivity contribution is -0.136. The molecule has 0 spiro atoms. The molecule has 0 aromatic heterocycles. The number of carbonyl (C=O) groups is 1. The summed E-state index contributed by atoms with van der Waals surface area (Å²) in [4.78, 5) is 10.9. The first-order valence-corrected chi connectivity index (χ1v) is 12.4. The van der Waals surface area contributed by atoms with Gasteiger partial charge in [0.1, 0.15) is 11.5 Å². The van der Waals surface area contributed by atoms with Gasteiger partial charge >= 0.3 is 5.97 Å². The van der Waals surface area contributed by atoms with Crippen LogP contribution in [0.15, 0.2) is 60.7 Å². The maximum atomic E-state index is 10.9. The standard InChI is InChI=1S/C30H36O5/c1-5-23-11-15-28(29(19-23)35-27-10-8-7-9-21(27)3)34-22(4)17-18-33-26-14-12-25(13-16-30(31)32)24(6-2)20-26/h7-12,14-15,19-20,22H,5-6,13,16-18H2,1-4H3,(H,31,32). The topological polar surface area (TPSA) is 65.0 Å². The number of aliphatic carboxylic acids is 1. The number of para-hydroxylation sites is 1. The summed E-state index contributed by atoms with van der Waals surface area (Å²) in [5.41, 5.74) is 4.45. The molecule has 0 saturated heterocycles. The van der Waals surface area contributed by atoms with Crippen LogP contribution in [0.1, 0.15) is 55.9 Å². The van der Waals surface area contributed by atoms with Crippen LogP contribution in [0.3, 0.4) is 0 Å². The number of rotatable bonds is 13. The predicted molar refractivity (Wildman–Crippen MR) is 139 cm³/mol. The van der Waals surface area contributed by atoms with E-state index in [2.05, 4.69) is 19.9 Å². The zero-order chi connectivity index (χ0) is 25.2. The third-order valence-corrected chi connectivity index (χ3v) is 6.02. The van der Waals surface area contributed by atoms with Crippen molar-refractivity contribution in [1.29, 1.82) is 0 Å². The van der Waals surface area contributed by atoms with Crippen molar-refractivity contribution in [3.8, 4) is 23.0 Å². The molecule has 1 N–H and O–H groups in total. The molecule has 0 saturated carbocycles. The first-order chi connectivity index (χ1) is 16.9. The molecule has 1 atom stereocenters. The summed E-state index contributed by atoms with van der Waals surface area (Å²) in [7, 11) is 0. The lowest BCUT2D eigenvalue weighted by atomic mass is 10.0. The minimum atomic E-state index is -0.779. The third-order valence-electron chi connectivity index (χ3n) is 6.02. The molecule has 0 bridgehead atoms. The lowest BCUT2D eigenvalue weighted by Crippen LogP contribution is -2.16. The zero-order valence-electron chi connectivity index (χ0n) is 21.2. The average molecular weight is 477 g/mol. The second-order valence-electron chi connectivity index (χ2n) is 8.75. The fraction of sp³-hybridized carbons (Fsp3) is 0.367. The highest BCUT2D eigenvalue weighted by atomic mass is 16.5. The van der Waals surface area contributed by atoms with Crippen molar-refractivity contribution in [3.05, 3.63) is 82.9 Å². The van der Waals surface area contributed by atoms with Gasteiger partial charge in [0.15, 0.2) is 11.5 Å². The van der Waals surface area contributed by atoms with E-state index in [0.717, 1.165) is 46.8 Å². The predicted octanol–water partition coefficient (Wildman–Crippen LogP) is 7.17. The molecular formula is C30H36O5. The summed E-state index contributed by atoms with van der Waals surface area (Å²) in [5, 5.41) is 8.95. The molecule has 0 aliphatic rings. The van der Waals surface area contributed by atoms with Crippen molar-refractivity contribution in [2.75, 3.05) is 6.61 Å². The fourth-order valence-corrected chi connectivity index (χ4v) is 3.86. The van der Waals surface area contributed by atoms with Crippen LogP contribution in [-0.2, 0) is 24.1 Å². The highest BCUT2D eigenvalue weighted by molar-refractivity contribution is 5.67. The van der Waals surface area contributed by atoms with Crippen LogP contribution in [0.4, 0.5) is 0 Å². The van der Waals surface area contributed by atoms with Crippen molar-refractivity contribution in [2.45, 2.75) is 65.9 Å². The summed E-state index contributed by atoms with van der Waals surface area (Å²) in [5.74, 6) is 2.27. The van der Waals surface area contributed by atoms with Gasteiger partial charge < -0.3 is 19.3 Å². The molecule has 5 nitrogen and oxygen atoms in total. The maximum Gasteiger partial charge on any atom is 0.303 e. The molecule has 3 aromatic rings. The second kappa shape index (κ2) is 12.8. The zero-order valence-corrected chi connectivity index (χ0v) is 21.2. The Kier molecular flexibility index (Phi) is 9.59. The Morgan fingerprint density at radius 3 is 2.43 bits per heavy atom. The Hall–Kier alpha value is -3.47. The molecule has 0 heterocycles. The van der Waals surface area contributed by atoms with Crippen molar-refractivity contribution in [3.63, 3.8) is 0 Å². The third kappa shape index (κ3) is 7.78.